The number of aromatic nitrogens is 1. The third kappa shape index (κ3) is 3.56. The summed E-state index contributed by atoms with van der Waals surface area (Å²) in [5.74, 6) is -0.892. The molecule has 20 heavy (non-hydrogen) atoms. The molecule has 5 nitrogen and oxygen atoms in total. The molecule has 0 aromatic carbocycles. The van der Waals surface area contributed by atoms with Gasteiger partial charge in [0, 0.05) is 16.7 Å². The van der Waals surface area contributed by atoms with Gasteiger partial charge in [-0.1, -0.05) is 19.3 Å². The van der Waals surface area contributed by atoms with Gasteiger partial charge in [-0.3, -0.25) is 9.59 Å². The van der Waals surface area contributed by atoms with Crippen molar-refractivity contribution in [3.05, 3.63) is 28.5 Å². The number of pyridine rings is 1. The molecule has 0 radical (unpaired) electrons. The smallest absolute Gasteiger partial charge is 0.271 e. The summed E-state index contributed by atoms with van der Waals surface area (Å²) in [7, 11) is 0. The number of carbonyl (C=O) groups is 2. The molecule has 3 N–H and O–H groups in total. The largest absolute Gasteiger partial charge is 0.369 e. The Kier molecular flexibility index (Phi) is 5.11. The topological polar surface area (TPSA) is 85.1 Å². The highest BCUT2D eigenvalue weighted by atomic mass is 79.9. The minimum atomic E-state index is -0.336. The number of nitrogens with two attached hydrogens (primary N) is 1. The minimum Gasteiger partial charge on any atom is -0.369 e. The van der Waals surface area contributed by atoms with Gasteiger partial charge in [0.1, 0.15) is 5.69 Å². The van der Waals surface area contributed by atoms with Crippen LogP contribution < -0.4 is 11.1 Å². The Bertz CT molecular complexity index is 507. The van der Waals surface area contributed by atoms with E-state index in [0.717, 1.165) is 32.1 Å². The maximum absolute atomic E-state index is 12.3. The van der Waals surface area contributed by atoms with Gasteiger partial charge in [-0.15, -0.1) is 0 Å². The second-order valence-electron chi connectivity index (χ2n) is 5.06. The first-order valence-electron chi connectivity index (χ1n) is 6.80. The molecular weight excluding hydrogens is 322 g/mol. The summed E-state index contributed by atoms with van der Waals surface area (Å²) in [6, 6.07) is 3.32. The fourth-order valence-electron chi connectivity index (χ4n) is 2.61. The lowest BCUT2D eigenvalue weighted by Crippen LogP contribution is -2.45. The van der Waals surface area contributed by atoms with Gasteiger partial charge in [-0.25, -0.2) is 4.98 Å². The van der Waals surface area contributed by atoms with E-state index >= 15 is 0 Å². The molecule has 0 saturated heterocycles. The quantitative estimate of drug-likeness (QED) is 0.826. The van der Waals surface area contributed by atoms with E-state index in [2.05, 4.69) is 26.2 Å². The van der Waals surface area contributed by atoms with Gasteiger partial charge in [0.25, 0.3) is 5.91 Å². The van der Waals surface area contributed by atoms with E-state index in [-0.39, 0.29) is 23.8 Å². The summed E-state index contributed by atoms with van der Waals surface area (Å²) in [4.78, 5) is 27.9. The van der Waals surface area contributed by atoms with E-state index in [1.165, 1.54) is 0 Å². The SMILES string of the molecule is NC(=O)[C@@H]1CCCCC[C@H]1NC(=O)c1ncccc1Br. The number of nitrogens with one attached hydrogen (secondary N) is 1. The highest BCUT2D eigenvalue weighted by Crippen LogP contribution is 2.24. The molecule has 0 aliphatic heterocycles. The number of nitrogens with zero attached hydrogens (tertiary/aromatic N) is 1. The van der Waals surface area contributed by atoms with Crippen LogP contribution in [0.1, 0.15) is 42.6 Å². The molecule has 1 aliphatic rings. The van der Waals surface area contributed by atoms with Gasteiger partial charge in [-0.05, 0) is 40.9 Å². The number of halogens is 1. The molecule has 0 unspecified atom stereocenters. The lowest BCUT2D eigenvalue weighted by atomic mass is 9.94. The third-order valence-electron chi connectivity index (χ3n) is 3.67. The first-order valence-corrected chi connectivity index (χ1v) is 7.59. The first kappa shape index (κ1) is 15.0. The van der Waals surface area contributed by atoms with Gasteiger partial charge in [0.05, 0.1) is 5.92 Å². The molecule has 0 bridgehead atoms. The van der Waals surface area contributed by atoms with Crippen molar-refractivity contribution in [2.24, 2.45) is 11.7 Å². The zero-order valence-corrected chi connectivity index (χ0v) is 12.7. The van der Waals surface area contributed by atoms with Crippen molar-refractivity contribution in [2.75, 3.05) is 0 Å². The van der Waals surface area contributed by atoms with Crippen LogP contribution in [-0.4, -0.2) is 22.8 Å². The summed E-state index contributed by atoms with van der Waals surface area (Å²) in [6.07, 6.45) is 6.14. The molecule has 6 heteroatoms. The molecule has 1 aromatic rings. The van der Waals surface area contributed by atoms with Crippen molar-refractivity contribution in [1.29, 1.82) is 0 Å². The molecule has 2 rings (SSSR count). The maximum atomic E-state index is 12.3. The van der Waals surface area contributed by atoms with E-state index < -0.39 is 0 Å². The van der Waals surface area contributed by atoms with Crippen LogP contribution in [0.5, 0.6) is 0 Å². The van der Waals surface area contributed by atoms with Crippen LogP contribution in [0, 0.1) is 5.92 Å². The van der Waals surface area contributed by atoms with Crippen LogP contribution >= 0.6 is 15.9 Å². The third-order valence-corrected chi connectivity index (χ3v) is 4.31. The maximum Gasteiger partial charge on any atom is 0.271 e. The normalized spacial score (nSPS) is 22.9. The number of amides is 2. The summed E-state index contributed by atoms with van der Waals surface area (Å²) >= 11 is 3.31. The van der Waals surface area contributed by atoms with Crippen LogP contribution in [0.3, 0.4) is 0 Å². The zero-order valence-electron chi connectivity index (χ0n) is 11.1. The molecule has 108 valence electrons. The number of hydrogen-bond donors (Lipinski definition) is 2. The molecule has 1 heterocycles. The van der Waals surface area contributed by atoms with Crippen molar-refractivity contribution >= 4 is 27.7 Å². The van der Waals surface area contributed by atoms with Crippen LogP contribution in [0.2, 0.25) is 0 Å². The Morgan fingerprint density at radius 1 is 1.30 bits per heavy atom. The Hall–Kier alpha value is -1.43. The molecular formula is C14H18BrN3O2. The average Bonchev–Trinajstić information content (AvgIpc) is 2.64. The average molecular weight is 340 g/mol. The van der Waals surface area contributed by atoms with E-state index in [1.54, 1.807) is 18.3 Å². The lowest BCUT2D eigenvalue weighted by Gasteiger charge is -2.23. The van der Waals surface area contributed by atoms with Crippen molar-refractivity contribution in [3.63, 3.8) is 0 Å². The fourth-order valence-corrected chi connectivity index (χ4v) is 3.05. The number of carbonyl (C=O) groups excluding carboxylic acids is 2. The second kappa shape index (κ2) is 6.83. The summed E-state index contributed by atoms with van der Waals surface area (Å²) in [5.41, 5.74) is 5.79. The monoisotopic (exact) mass is 339 g/mol. The van der Waals surface area contributed by atoms with Crippen LogP contribution in [0.4, 0.5) is 0 Å². The van der Waals surface area contributed by atoms with Crippen molar-refractivity contribution in [2.45, 2.75) is 38.1 Å². The zero-order chi connectivity index (χ0) is 14.5. The summed E-state index contributed by atoms with van der Waals surface area (Å²) in [6.45, 7) is 0. The molecule has 1 fully saturated rings. The predicted molar refractivity (Wildman–Crippen MR) is 79.0 cm³/mol. The minimum absolute atomic E-state index is 0.198. The van der Waals surface area contributed by atoms with Crippen LogP contribution in [0.25, 0.3) is 0 Å². The Morgan fingerprint density at radius 2 is 2.05 bits per heavy atom. The van der Waals surface area contributed by atoms with Crippen molar-refractivity contribution in [3.8, 4) is 0 Å². The van der Waals surface area contributed by atoms with Crippen LogP contribution in [0.15, 0.2) is 22.8 Å². The van der Waals surface area contributed by atoms with E-state index in [4.69, 9.17) is 5.73 Å². The van der Waals surface area contributed by atoms with Gasteiger partial charge in [0.2, 0.25) is 5.91 Å². The lowest BCUT2D eigenvalue weighted by molar-refractivity contribution is -0.122. The van der Waals surface area contributed by atoms with Crippen molar-refractivity contribution in [1.82, 2.24) is 10.3 Å². The first-order chi connectivity index (χ1) is 9.59. The molecule has 1 saturated carbocycles. The standard InChI is InChI=1S/C14H18BrN3O2/c15-10-6-4-8-17-12(10)14(20)18-11-7-3-1-2-5-9(11)13(16)19/h4,6,8-9,11H,1-3,5,7H2,(H2,16,19)(H,18,20)/t9-,11-/m1/s1. The van der Waals surface area contributed by atoms with Crippen molar-refractivity contribution < 1.29 is 9.59 Å². The summed E-state index contributed by atoms with van der Waals surface area (Å²) < 4.78 is 0.641. The predicted octanol–water partition coefficient (Wildman–Crippen LogP) is 2.01. The highest BCUT2D eigenvalue weighted by Gasteiger charge is 2.30. The van der Waals surface area contributed by atoms with Gasteiger partial charge in [-0.2, -0.15) is 0 Å². The van der Waals surface area contributed by atoms with E-state index in [9.17, 15) is 9.59 Å². The molecule has 2 atom stereocenters. The second-order valence-corrected chi connectivity index (χ2v) is 5.91. The molecule has 1 aliphatic carbocycles. The Balaban J connectivity index is 2.12. The number of rotatable bonds is 3. The fraction of sp³-hybridized carbons (Fsp3) is 0.500. The summed E-state index contributed by atoms with van der Waals surface area (Å²) in [5, 5.41) is 2.92. The Morgan fingerprint density at radius 3 is 2.75 bits per heavy atom. The molecule has 0 spiro atoms. The van der Waals surface area contributed by atoms with Gasteiger partial charge >= 0.3 is 0 Å². The number of hydrogen-bond acceptors (Lipinski definition) is 3. The van der Waals surface area contributed by atoms with Crippen LogP contribution in [-0.2, 0) is 4.79 Å². The Labute approximate surface area is 126 Å². The highest BCUT2D eigenvalue weighted by molar-refractivity contribution is 9.10. The van der Waals surface area contributed by atoms with E-state index in [0.29, 0.717) is 10.2 Å². The molecule has 1 aromatic heterocycles. The van der Waals surface area contributed by atoms with E-state index in [1.807, 2.05) is 0 Å². The van der Waals surface area contributed by atoms with Gasteiger partial charge < -0.3 is 11.1 Å². The number of primary amides is 1. The van der Waals surface area contributed by atoms with Gasteiger partial charge in [0.15, 0.2) is 0 Å². The molecule has 2 amide bonds.